The molecule has 0 amide bonds. The van der Waals surface area contributed by atoms with Gasteiger partial charge in [-0.05, 0) is 38.1 Å². The number of carbonyl (C=O) groups excluding carboxylic acids is 1. The second-order valence-electron chi connectivity index (χ2n) is 4.63. The zero-order valence-electron chi connectivity index (χ0n) is 12.4. The van der Waals surface area contributed by atoms with Crippen molar-refractivity contribution in [2.75, 3.05) is 13.7 Å². The van der Waals surface area contributed by atoms with Crippen LogP contribution >= 0.6 is 0 Å². The third-order valence-corrected chi connectivity index (χ3v) is 4.72. The Kier molecular flexibility index (Phi) is 4.62. The average Bonchev–Trinajstić information content (AvgIpc) is 2.84. The van der Waals surface area contributed by atoms with E-state index in [1.165, 1.54) is 21.0 Å². The van der Waals surface area contributed by atoms with Gasteiger partial charge in [0, 0.05) is 5.56 Å². The summed E-state index contributed by atoms with van der Waals surface area (Å²) < 4.78 is 36.5. The number of carbonyl (C=O) groups is 1. The number of benzene rings is 1. The van der Waals surface area contributed by atoms with Crippen molar-refractivity contribution in [1.82, 2.24) is 9.88 Å². The van der Waals surface area contributed by atoms with E-state index < -0.39 is 10.0 Å². The van der Waals surface area contributed by atoms with E-state index in [1.807, 2.05) is 0 Å². The minimum absolute atomic E-state index is 0.0324. The van der Waals surface area contributed by atoms with E-state index >= 15 is 0 Å². The van der Waals surface area contributed by atoms with Crippen LogP contribution < -0.4 is 9.46 Å². The van der Waals surface area contributed by atoms with E-state index in [1.54, 1.807) is 24.3 Å². The molecular weight excluding hydrogens is 308 g/mol. The van der Waals surface area contributed by atoms with Gasteiger partial charge in [0.25, 0.3) is 0 Å². The molecule has 2 rings (SSSR count). The summed E-state index contributed by atoms with van der Waals surface area (Å²) in [6.45, 7) is 2.68. The van der Waals surface area contributed by atoms with E-state index in [0.29, 0.717) is 11.3 Å². The second-order valence-corrected chi connectivity index (χ2v) is 6.33. The lowest BCUT2D eigenvalue weighted by Crippen LogP contribution is -2.30. The molecule has 22 heavy (non-hydrogen) atoms. The minimum Gasteiger partial charge on any atom is -0.497 e. The number of aryl methyl sites for hydroxylation is 2. The van der Waals surface area contributed by atoms with Gasteiger partial charge >= 0.3 is 0 Å². The highest BCUT2D eigenvalue weighted by molar-refractivity contribution is 7.89. The summed E-state index contributed by atoms with van der Waals surface area (Å²) in [5.41, 5.74) is 0.643. The van der Waals surface area contributed by atoms with E-state index in [0.717, 1.165) is 0 Å². The van der Waals surface area contributed by atoms with Gasteiger partial charge in [0.05, 0.1) is 13.7 Å². The Morgan fingerprint density at radius 1 is 1.27 bits per heavy atom. The molecule has 1 aromatic heterocycles. The molecule has 7 nitrogen and oxygen atoms in total. The Labute approximate surface area is 128 Å². The number of ether oxygens (including phenoxy) is 1. The van der Waals surface area contributed by atoms with Gasteiger partial charge in [-0.2, -0.15) is 0 Å². The third-order valence-electron chi connectivity index (χ3n) is 3.07. The summed E-state index contributed by atoms with van der Waals surface area (Å²) in [4.78, 5) is 12.0. The average molecular weight is 324 g/mol. The van der Waals surface area contributed by atoms with Gasteiger partial charge < -0.3 is 9.26 Å². The number of nitrogens with one attached hydrogen (secondary N) is 1. The Morgan fingerprint density at radius 3 is 2.41 bits per heavy atom. The zero-order valence-corrected chi connectivity index (χ0v) is 13.2. The largest absolute Gasteiger partial charge is 0.497 e. The predicted molar refractivity (Wildman–Crippen MR) is 78.5 cm³/mol. The normalized spacial score (nSPS) is 11.4. The van der Waals surface area contributed by atoms with E-state index in [4.69, 9.17) is 9.26 Å². The number of ketones is 1. The van der Waals surface area contributed by atoms with Crippen LogP contribution in [0.3, 0.4) is 0 Å². The van der Waals surface area contributed by atoms with Crippen molar-refractivity contribution in [2.45, 2.75) is 18.7 Å². The van der Waals surface area contributed by atoms with Crippen LogP contribution in [0, 0.1) is 13.8 Å². The smallest absolute Gasteiger partial charge is 0.246 e. The van der Waals surface area contributed by atoms with E-state index in [9.17, 15) is 13.2 Å². The van der Waals surface area contributed by atoms with Crippen molar-refractivity contribution in [1.29, 1.82) is 0 Å². The van der Waals surface area contributed by atoms with Crippen molar-refractivity contribution in [3.63, 3.8) is 0 Å². The molecule has 0 saturated heterocycles. The fraction of sp³-hybridized carbons (Fsp3) is 0.286. The molecule has 0 atom stereocenters. The molecule has 0 aliphatic heterocycles. The van der Waals surface area contributed by atoms with Crippen LogP contribution in [0.4, 0.5) is 0 Å². The maximum atomic E-state index is 12.2. The third kappa shape index (κ3) is 3.34. The Morgan fingerprint density at radius 2 is 1.91 bits per heavy atom. The van der Waals surface area contributed by atoms with Crippen LogP contribution in [0.5, 0.6) is 5.75 Å². The molecule has 0 bridgehead atoms. The van der Waals surface area contributed by atoms with Crippen LogP contribution in [0.25, 0.3) is 0 Å². The Bertz CT molecular complexity index is 759. The second kappa shape index (κ2) is 6.29. The van der Waals surface area contributed by atoms with Crippen LogP contribution in [-0.4, -0.2) is 33.0 Å². The number of rotatable bonds is 6. The maximum Gasteiger partial charge on any atom is 0.246 e. The molecular formula is C14H16N2O5S. The molecule has 0 radical (unpaired) electrons. The van der Waals surface area contributed by atoms with Crippen molar-refractivity contribution >= 4 is 15.8 Å². The summed E-state index contributed by atoms with van der Waals surface area (Å²) in [6.07, 6.45) is 0. The number of hydrogen-bond acceptors (Lipinski definition) is 6. The van der Waals surface area contributed by atoms with Gasteiger partial charge in [0.2, 0.25) is 10.0 Å². The van der Waals surface area contributed by atoms with Crippen LogP contribution in [0.15, 0.2) is 33.7 Å². The molecule has 0 fully saturated rings. The van der Waals surface area contributed by atoms with Crippen molar-refractivity contribution in [2.24, 2.45) is 0 Å². The zero-order chi connectivity index (χ0) is 16.3. The molecule has 1 aromatic carbocycles. The number of aromatic nitrogens is 1. The standard InChI is InChI=1S/C14H16N2O5S/c1-9-14(10(2)21-16-9)22(18,19)15-8-13(17)11-4-6-12(20-3)7-5-11/h4-7,15H,8H2,1-3H3. The lowest BCUT2D eigenvalue weighted by Gasteiger charge is -2.06. The molecule has 1 N–H and O–H groups in total. The fourth-order valence-electron chi connectivity index (χ4n) is 1.97. The van der Waals surface area contributed by atoms with Crippen LogP contribution in [0.1, 0.15) is 21.8 Å². The summed E-state index contributed by atoms with van der Waals surface area (Å²) in [5, 5.41) is 3.59. The summed E-state index contributed by atoms with van der Waals surface area (Å²) in [6, 6.07) is 6.42. The Balaban J connectivity index is 2.10. The maximum absolute atomic E-state index is 12.2. The number of Topliss-reactive ketones (excluding diaryl/α,β-unsaturated/α-hetero) is 1. The van der Waals surface area contributed by atoms with Gasteiger partial charge in [-0.25, -0.2) is 13.1 Å². The van der Waals surface area contributed by atoms with Gasteiger partial charge in [-0.3, -0.25) is 4.79 Å². The van der Waals surface area contributed by atoms with Crippen LogP contribution in [-0.2, 0) is 10.0 Å². The lowest BCUT2D eigenvalue weighted by molar-refractivity contribution is 0.0997. The van der Waals surface area contributed by atoms with Gasteiger partial charge in [-0.1, -0.05) is 5.16 Å². The molecule has 1 heterocycles. The molecule has 118 valence electrons. The molecule has 0 saturated carbocycles. The van der Waals surface area contributed by atoms with Crippen molar-refractivity contribution in [3.8, 4) is 5.75 Å². The number of hydrogen-bond donors (Lipinski definition) is 1. The monoisotopic (exact) mass is 324 g/mol. The summed E-state index contributed by atoms with van der Waals surface area (Å²) >= 11 is 0. The predicted octanol–water partition coefficient (Wildman–Crippen LogP) is 1.46. The Hall–Kier alpha value is -2.19. The minimum atomic E-state index is -3.85. The summed E-state index contributed by atoms with van der Waals surface area (Å²) in [5.74, 6) is 0.452. The highest BCUT2D eigenvalue weighted by Gasteiger charge is 2.24. The number of sulfonamides is 1. The molecule has 0 spiro atoms. The first-order chi connectivity index (χ1) is 10.3. The SMILES string of the molecule is COc1ccc(C(=O)CNS(=O)(=O)c2c(C)noc2C)cc1. The van der Waals surface area contributed by atoms with Crippen molar-refractivity contribution < 1.29 is 22.5 Å². The molecule has 0 aliphatic carbocycles. The number of methoxy groups -OCH3 is 1. The van der Waals surface area contributed by atoms with Gasteiger partial charge in [0.1, 0.15) is 16.3 Å². The first-order valence-electron chi connectivity index (χ1n) is 6.45. The first-order valence-corrected chi connectivity index (χ1v) is 7.93. The lowest BCUT2D eigenvalue weighted by atomic mass is 10.1. The number of nitrogens with zero attached hydrogens (tertiary/aromatic N) is 1. The molecule has 0 unspecified atom stereocenters. The van der Waals surface area contributed by atoms with Gasteiger partial charge in [-0.15, -0.1) is 0 Å². The topological polar surface area (TPSA) is 98.5 Å². The summed E-state index contributed by atoms with van der Waals surface area (Å²) in [7, 11) is -2.32. The van der Waals surface area contributed by atoms with E-state index in [-0.39, 0.29) is 28.7 Å². The first kappa shape index (κ1) is 16.2. The fourth-order valence-corrected chi connectivity index (χ4v) is 3.28. The molecule has 8 heteroatoms. The van der Waals surface area contributed by atoms with Gasteiger partial charge in [0.15, 0.2) is 11.5 Å². The molecule has 2 aromatic rings. The van der Waals surface area contributed by atoms with Crippen LogP contribution in [0.2, 0.25) is 0 Å². The van der Waals surface area contributed by atoms with Crippen molar-refractivity contribution in [3.05, 3.63) is 41.3 Å². The highest BCUT2D eigenvalue weighted by atomic mass is 32.2. The van der Waals surface area contributed by atoms with E-state index in [2.05, 4.69) is 9.88 Å². The highest BCUT2D eigenvalue weighted by Crippen LogP contribution is 2.18. The molecule has 0 aliphatic rings. The quantitative estimate of drug-likeness (QED) is 0.808.